The molecule has 2 aromatic rings. The van der Waals surface area contributed by atoms with Crippen LogP contribution in [0.3, 0.4) is 0 Å². The number of sulfonamides is 1. The van der Waals surface area contributed by atoms with E-state index < -0.39 is 14.9 Å². The molecule has 3 rings (SSSR count). The van der Waals surface area contributed by atoms with Crippen LogP contribution >= 0.6 is 0 Å². The molecule has 1 fully saturated rings. The van der Waals surface area contributed by atoms with Gasteiger partial charge in [-0.1, -0.05) is 36.4 Å². The summed E-state index contributed by atoms with van der Waals surface area (Å²) in [6.07, 6.45) is 0.748. The first kappa shape index (κ1) is 15.6. The van der Waals surface area contributed by atoms with E-state index in [2.05, 4.69) is 0 Å². The highest BCUT2D eigenvalue weighted by atomic mass is 32.2. The quantitative estimate of drug-likeness (QED) is 0.637. The first-order chi connectivity index (χ1) is 11.0. The zero-order valence-corrected chi connectivity index (χ0v) is 13.1. The summed E-state index contributed by atoms with van der Waals surface area (Å²) in [7, 11) is -3.71. The lowest BCUT2D eigenvalue weighted by molar-refractivity contribution is -0.385. The molecule has 1 saturated heterocycles. The van der Waals surface area contributed by atoms with Gasteiger partial charge in [-0.15, -0.1) is 0 Å². The zero-order valence-electron chi connectivity index (χ0n) is 12.3. The van der Waals surface area contributed by atoms with Crippen molar-refractivity contribution in [3.05, 3.63) is 70.3 Å². The van der Waals surface area contributed by atoms with Crippen LogP contribution in [-0.2, 0) is 10.0 Å². The zero-order chi connectivity index (χ0) is 16.4. The lowest BCUT2D eigenvalue weighted by Gasteiger charge is -2.16. The van der Waals surface area contributed by atoms with Crippen LogP contribution in [-0.4, -0.2) is 30.7 Å². The Balaban J connectivity index is 1.84. The predicted octanol–water partition coefficient (Wildman–Crippen LogP) is 2.77. The Hall–Kier alpha value is -2.25. The Morgan fingerprint density at radius 3 is 2.52 bits per heavy atom. The minimum absolute atomic E-state index is 0.0274. The molecule has 7 heteroatoms. The van der Waals surface area contributed by atoms with Gasteiger partial charge in [-0.25, -0.2) is 8.42 Å². The standard InChI is InChI=1S/C16H16N2O4S/c19-18(20)15-7-4-8-16(11-15)23(21,22)17-10-9-14(12-17)13-5-2-1-3-6-13/h1-8,11,14H,9-10,12H2. The maximum atomic E-state index is 12.7. The van der Waals surface area contributed by atoms with Crippen LogP contribution in [0.4, 0.5) is 5.69 Å². The van der Waals surface area contributed by atoms with Crippen molar-refractivity contribution in [1.82, 2.24) is 4.31 Å². The molecule has 120 valence electrons. The second kappa shape index (κ2) is 6.10. The van der Waals surface area contributed by atoms with Crippen molar-refractivity contribution in [2.45, 2.75) is 17.2 Å². The summed E-state index contributed by atoms with van der Waals surface area (Å²) < 4.78 is 26.8. The van der Waals surface area contributed by atoms with E-state index in [4.69, 9.17) is 0 Å². The van der Waals surface area contributed by atoms with Crippen LogP contribution < -0.4 is 0 Å². The third kappa shape index (κ3) is 3.11. The minimum Gasteiger partial charge on any atom is -0.258 e. The molecule has 2 aromatic carbocycles. The van der Waals surface area contributed by atoms with Gasteiger partial charge in [0.05, 0.1) is 9.82 Å². The highest BCUT2D eigenvalue weighted by Gasteiger charge is 2.33. The molecule has 0 bridgehead atoms. The number of nitro groups is 1. The van der Waals surface area contributed by atoms with E-state index in [-0.39, 0.29) is 16.5 Å². The molecule has 1 unspecified atom stereocenters. The van der Waals surface area contributed by atoms with E-state index in [1.807, 2.05) is 30.3 Å². The van der Waals surface area contributed by atoms with Crippen molar-refractivity contribution in [1.29, 1.82) is 0 Å². The molecule has 0 radical (unpaired) electrons. The van der Waals surface area contributed by atoms with Crippen LogP contribution in [0, 0.1) is 10.1 Å². The average molecular weight is 332 g/mol. The van der Waals surface area contributed by atoms with Gasteiger partial charge in [0.2, 0.25) is 10.0 Å². The van der Waals surface area contributed by atoms with Crippen LogP contribution in [0.15, 0.2) is 59.5 Å². The first-order valence-corrected chi connectivity index (χ1v) is 8.72. The van der Waals surface area contributed by atoms with E-state index in [0.29, 0.717) is 13.1 Å². The van der Waals surface area contributed by atoms with E-state index in [9.17, 15) is 18.5 Å². The number of nitrogens with zero attached hydrogens (tertiary/aromatic N) is 2. The van der Waals surface area contributed by atoms with Gasteiger partial charge in [-0.05, 0) is 24.0 Å². The second-order valence-electron chi connectivity index (χ2n) is 5.51. The maximum Gasteiger partial charge on any atom is 0.270 e. The molecule has 0 aromatic heterocycles. The molecule has 0 N–H and O–H groups in total. The van der Waals surface area contributed by atoms with Crippen molar-refractivity contribution in [2.75, 3.05) is 13.1 Å². The van der Waals surface area contributed by atoms with Gasteiger partial charge in [0, 0.05) is 25.2 Å². The molecule has 1 heterocycles. The first-order valence-electron chi connectivity index (χ1n) is 7.28. The van der Waals surface area contributed by atoms with Crippen LogP contribution in [0.1, 0.15) is 17.9 Å². The molecule has 1 atom stereocenters. The SMILES string of the molecule is O=[N+]([O-])c1cccc(S(=O)(=O)N2CCC(c3ccccc3)C2)c1. The summed E-state index contributed by atoms with van der Waals surface area (Å²) >= 11 is 0. The summed E-state index contributed by atoms with van der Waals surface area (Å²) in [6.45, 7) is 0.819. The summed E-state index contributed by atoms with van der Waals surface area (Å²) in [6, 6.07) is 15.0. The summed E-state index contributed by atoms with van der Waals surface area (Å²) in [4.78, 5) is 10.2. The third-order valence-electron chi connectivity index (χ3n) is 4.09. The Morgan fingerprint density at radius 1 is 1.09 bits per heavy atom. The van der Waals surface area contributed by atoms with Crippen molar-refractivity contribution < 1.29 is 13.3 Å². The lowest BCUT2D eigenvalue weighted by Crippen LogP contribution is -2.28. The molecular weight excluding hydrogens is 316 g/mol. The van der Waals surface area contributed by atoms with Gasteiger partial charge < -0.3 is 0 Å². The van der Waals surface area contributed by atoms with Gasteiger partial charge in [0.25, 0.3) is 5.69 Å². The lowest BCUT2D eigenvalue weighted by atomic mass is 9.99. The molecule has 6 nitrogen and oxygen atoms in total. The Bertz CT molecular complexity index is 821. The topological polar surface area (TPSA) is 80.5 Å². The second-order valence-corrected chi connectivity index (χ2v) is 7.45. The van der Waals surface area contributed by atoms with E-state index in [0.717, 1.165) is 18.1 Å². The fraction of sp³-hybridized carbons (Fsp3) is 0.250. The monoisotopic (exact) mass is 332 g/mol. The molecule has 0 aliphatic carbocycles. The highest BCUT2D eigenvalue weighted by Crippen LogP contribution is 2.31. The summed E-state index contributed by atoms with van der Waals surface area (Å²) in [5.74, 6) is 0.157. The minimum atomic E-state index is -3.71. The van der Waals surface area contributed by atoms with Crippen molar-refractivity contribution >= 4 is 15.7 Å². The fourth-order valence-electron chi connectivity index (χ4n) is 2.85. The number of nitro benzene ring substituents is 1. The van der Waals surface area contributed by atoms with Gasteiger partial charge in [-0.3, -0.25) is 10.1 Å². The number of rotatable bonds is 4. The smallest absolute Gasteiger partial charge is 0.258 e. The molecule has 0 spiro atoms. The van der Waals surface area contributed by atoms with Crippen LogP contribution in [0.25, 0.3) is 0 Å². The number of hydrogen-bond donors (Lipinski definition) is 0. The third-order valence-corrected chi connectivity index (χ3v) is 5.95. The molecule has 0 amide bonds. The van der Waals surface area contributed by atoms with Crippen molar-refractivity contribution in [3.63, 3.8) is 0 Å². The molecular formula is C16H16N2O4S. The van der Waals surface area contributed by atoms with Gasteiger partial charge >= 0.3 is 0 Å². The molecule has 0 saturated carbocycles. The van der Waals surface area contributed by atoms with Crippen molar-refractivity contribution in [3.8, 4) is 0 Å². The highest BCUT2D eigenvalue weighted by molar-refractivity contribution is 7.89. The van der Waals surface area contributed by atoms with Gasteiger partial charge in [0.1, 0.15) is 0 Å². The molecule has 1 aliphatic heterocycles. The fourth-order valence-corrected chi connectivity index (χ4v) is 4.39. The number of hydrogen-bond acceptors (Lipinski definition) is 4. The van der Waals surface area contributed by atoms with E-state index >= 15 is 0 Å². The number of benzene rings is 2. The van der Waals surface area contributed by atoms with E-state index in [1.54, 1.807) is 0 Å². The number of non-ortho nitro benzene ring substituents is 1. The molecule has 23 heavy (non-hydrogen) atoms. The van der Waals surface area contributed by atoms with Crippen molar-refractivity contribution in [2.24, 2.45) is 0 Å². The van der Waals surface area contributed by atoms with E-state index in [1.165, 1.54) is 22.5 Å². The Morgan fingerprint density at radius 2 is 1.83 bits per heavy atom. The van der Waals surface area contributed by atoms with Gasteiger partial charge in [-0.2, -0.15) is 4.31 Å². The average Bonchev–Trinajstić information content (AvgIpc) is 3.06. The Labute approximate surface area is 134 Å². The molecule has 1 aliphatic rings. The maximum absolute atomic E-state index is 12.7. The summed E-state index contributed by atoms with van der Waals surface area (Å²) in [5, 5.41) is 10.8. The predicted molar refractivity (Wildman–Crippen MR) is 85.7 cm³/mol. The summed E-state index contributed by atoms with van der Waals surface area (Å²) in [5.41, 5.74) is 0.897. The largest absolute Gasteiger partial charge is 0.270 e. The normalized spacial score (nSPS) is 18.9. The van der Waals surface area contributed by atoms with Gasteiger partial charge in [0.15, 0.2) is 0 Å². The Kier molecular flexibility index (Phi) is 4.14. The van der Waals surface area contributed by atoms with Crippen LogP contribution in [0.2, 0.25) is 0 Å². The van der Waals surface area contributed by atoms with Crippen LogP contribution in [0.5, 0.6) is 0 Å².